The fraction of sp³-hybridized carbons (Fsp3) is 0.312. The highest BCUT2D eigenvalue weighted by atomic mass is 16.1. The molecule has 2 aromatic rings. The van der Waals surface area contributed by atoms with E-state index in [0.717, 1.165) is 18.4 Å². The van der Waals surface area contributed by atoms with E-state index in [0.29, 0.717) is 12.2 Å². The van der Waals surface area contributed by atoms with Crippen molar-refractivity contribution in [3.8, 4) is 5.69 Å². The molecule has 0 amide bonds. The lowest BCUT2D eigenvalue weighted by molar-refractivity contribution is 0.0972. The van der Waals surface area contributed by atoms with E-state index in [1.165, 1.54) is 22.5 Å². The Balaban J connectivity index is 2.15. The van der Waals surface area contributed by atoms with E-state index in [1.807, 2.05) is 12.3 Å². The maximum atomic E-state index is 11.9. The quantitative estimate of drug-likeness (QED) is 0.745. The van der Waals surface area contributed by atoms with Crippen LogP contribution in [0.2, 0.25) is 0 Å². The largest absolute Gasteiger partial charge is 0.320 e. The normalized spacial score (nSPS) is 14.7. The second kappa shape index (κ2) is 4.13. The van der Waals surface area contributed by atoms with Crippen LogP contribution in [0.5, 0.6) is 0 Å². The van der Waals surface area contributed by atoms with Gasteiger partial charge >= 0.3 is 0 Å². The van der Waals surface area contributed by atoms with Gasteiger partial charge < -0.3 is 4.57 Å². The van der Waals surface area contributed by atoms with Crippen molar-refractivity contribution in [2.24, 2.45) is 0 Å². The zero-order valence-corrected chi connectivity index (χ0v) is 10.9. The number of rotatable bonds is 1. The highest BCUT2D eigenvalue weighted by Crippen LogP contribution is 2.26. The number of hydrogen-bond donors (Lipinski definition) is 0. The van der Waals surface area contributed by atoms with Gasteiger partial charge in [0, 0.05) is 29.6 Å². The number of nitrogens with zero attached hydrogens (tertiary/aromatic N) is 1. The summed E-state index contributed by atoms with van der Waals surface area (Å²) >= 11 is 0. The van der Waals surface area contributed by atoms with Crippen LogP contribution in [0.25, 0.3) is 5.69 Å². The Kier molecular flexibility index (Phi) is 2.58. The fourth-order valence-electron chi connectivity index (χ4n) is 2.83. The molecule has 0 spiro atoms. The van der Waals surface area contributed by atoms with E-state index in [2.05, 4.69) is 36.6 Å². The van der Waals surface area contributed by atoms with Crippen LogP contribution < -0.4 is 0 Å². The van der Waals surface area contributed by atoms with Gasteiger partial charge in [0.05, 0.1) is 0 Å². The van der Waals surface area contributed by atoms with E-state index in [-0.39, 0.29) is 0 Å². The van der Waals surface area contributed by atoms with Gasteiger partial charge in [-0.1, -0.05) is 17.7 Å². The zero-order chi connectivity index (χ0) is 12.7. The first-order chi connectivity index (χ1) is 8.66. The van der Waals surface area contributed by atoms with Crippen LogP contribution in [0, 0.1) is 13.8 Å². The van der Waals surface area contributed by atoms with Gasteiger partial charge in [-0.2, -0.15) is 0 Å². The van der Waals surface area contributed by atoms with Crippen LogP contribution in [-0.4, -0.2) is 10.4 Å². The van der Waals surface area contributed by atoms with Crippen molar-refractivity contribution in [2.45, 2.75) is 33.1 Å². The summed E-state index contributed by atoms with van der Waals surface area (Å²) < 4.78 is 2.18. The van der Waals surface area contributed by atoms with Gasteiger partial charge in [0.2, 0.25) is 0 Å². The van der Waals surface area contributed by atoms with Gasteiger partial charge in [0.1, 0.15) is 0 Å². The Morgan fingerprint density at radius 3 is 2.72 bits per heavy atom. The minimum atomic E-state index is 0.291. The van der Waals surface area contributed by atoms with E-state index in [9.17, 15) is 4.79 Å². The van der Waals surface area contributed by atoms with Crippen molar-refractivity contribution in [1.82, 2.24) is 4.57 Å². The summed E-state index contributed by atoms with van der Waals surface area (Å²) in [5.74, 6) is 0.291. The number of hydrogen-bond acceptors (Lipinski definition) is 1. The summed E-state index contributed by atoms with van der Waals surface area (Å²) in [6, 6.07) is 8.42. The van der Waals surface area contributed by atoms with Gasteiger partial charge in [0.25, 0.3) is 0 Å². The molecule has 0 saturated carbocycles. The van der Waals surface area contributed by atoms with E-state index >= 15 is 0 Å². The molecular formula is C16H17NO. The Hall–Kier alpha value is -1.83. The molecule has 0 aliphatic heterocycles. The first kappa shape index (κ1) is 11.3. The van der Waals surface area contributed by atoms with Gasteiger partial charge in [0.15, 0.2) is 5.78 Å². The average Bonchev–Trinajstić information content (AvgIpc) is 2.74. The number of carbonyl (C=O) groups is 1. The third-order valence-electron chi connectivity index (χ3n) is 3.72. The van der Waals surface area contributed by atoms with Crippen LogP contribution in [0.3, 0.4) is 0 Å². The number of fused-ring (bicyclic) bond motifs is 1. The third-order valence-corrected chi connectivity index (χ3v) is 3.72. The molecule has 0 saturated heterocycles. The van der Waals surface area contributed by atoms with Gasteiger partial charge in [-0.3, -0.25) is 4.79 Å². The van der Waals surface area contributed by atoms with E-state index in [4.69, 9.17) is 0 Å². The zero-order valence-electron chi connectivity index (χ0n) is 10.9. The number of aryl methyl sites for hydroxylation is 2. The molecule has 2 heteroatoms. The molecule has 0 fully saturated rings. The van der Waals surface area contributed by atoms with Crippen molar-refractivity contribution in [3.63, 3.8) is 0 Å². The maximum absolute atomic E-state index is 11.9. The summed E-state index contributed by atoms with van der Waals surface area (Å²) in [7, 11) is 0. The number of aromatic nitrogens is 1. The van der Waals surface area contributed by atoms with Crippen molar-refractivity contribution >= 4 is 5.78 Å². The minimum Gasteiger partial charge on any atom is -0.320 e. The molecule has 92 valence electrons. The predicted molar refractivity (Wildman–Crippen MR) is 72.5 cm³/mol. The van der Waals surface area contributed by atoms with Crippen molar-refractivity contribution in [1.29, 1.82) is 0 Å². The third kappa shape index (κ3) is 1.69. The topological polar surface area (TPSA) is 22.0 Å². The molecule has 1 aliphatic carbocycles. The molecule has 0 atom stereocenters. The lowest BCUT2D eigenvalue weighted by atomic mass is 9.96. The smallest absolute Gasteiger partial charge is 0.164 e. The fourth-order valence-corrected chi connectivity index (χ4v) is 2.83. The molecule has 1 heterocycles. The molecule has 1 aliphatic rings. The Bertz CT molecular complexity index is 622. The minimum absolute atomic E-state index is 0.291. The van der Waals surface area contributed by atoms with Gasteiger partial charge in [-0.05, 0) is 44.4 Å². The van der Waals surface area contributed by atoms with Crippen molar-refractivity contribution in [2.75, 3.05) is 0 Å². The summed E-state index contributed by atoms with van der Waals surface area (Å²) in [5.41, 5.74) is 5.82. The first-order valence-corrected chi connectivity index (χ1v) is 6.48. The molecule has 3 rings (SSSR count). The Morgan fingerprint density at radius 1 is 1.11 bits per heavy atom. The maximum Gasteiger partial charge on any atom is 0.164 e. The second-order valence-corrected chi connectivity index (χ2v) is 5.11. The van der Waals surface area contributed by atoms with Crippen LogP contribution >= 0.6 is 0 Å². The molecule has 2 nitrogen and oxygen atoms in total. The summed E-state index contributed by atoms with van der Waals surface area (Å²) in [6.07, 6.45) is 4.71. The van der Waals surface area contributed by atoms with Crippen LogP contribution in [0.4, 0.5) is 0 Å². The molecule has 0 N–H and O–H groups in total. The molecule has 1 aromatic carbocycles. The number of benzene rings is 1. The van der Waals surface area contributed by atoms with Gasteiger partial charge in [-0.25, -0.2) is 0 Å². The second-order valence-electron chi connectivity index (χ2n) is 5.11. The van der Waals surface area contributed by atoms with Gasteiger partial charge in [-0.15, -0.1) is 0 Å². The lowest BCUT2D eigenvalue weighted by Crippen LogP contribution is -2.12. The molecule has 0 radical (unpaired) electrons. The number of carbonyl (C=O) groups excluding carboxylic acids is 1. The molecule has 0 bridgehead atoms. The SMILES string of the molecule is Cc1ccc(-n2ccc3c2CCCC3=O)c(C)c1. The molecule has 0 unspecified atom stereocenters. The monoisotopic (exact) mass is 239 g/mol. The molecule has 18 heavy (non-hydrogen) atoms. The predicted octanol–water partition coefficient (Wildman–Crippen LogP) is 3.61. The van der Waals surface area contributed by atoms with E-state index in [1.54, 1.807) is 0 Å². The van der Waals surface area contributed by atoms with Crippen molar-refractivity contribution in [3.05, 3.63) is 52.8 Å². The number of ketones is 1. The number of Topliss-reactive ketones (excluding diaryl/α,β-unsaturated/α-hetero) is 1. The molecule has 1 aromatic heterocycles. The van der Waals surface area contributed by atoms with Crippen molar-refractivity contribution < 1.29 is 4.79 Å². The molecular weight excluding hydrogens is 222 g/mol. The van der Waals surface area contributed by atoms with Crippen LogP contribution in [0.15, 0.2) is 30.5 Å². The Labute approximate surface area is 107 Å². The first-order valence-electron chi connectivity index (χ1n) is 6.48. The highest BCUT2D eigenvalue weighted by Gasteiger charge is 2.21. The lowest BCUT2D eigenvalue weighted by Gasteiger charge is -2.16. The standard InChI is InChI=1S/C16H17NO/c1-11-6-7-14(12(2)10-11)17-9-8-13-15(17)4-3-5-16(13)18/h6-10H,3-5H2,1-2H3. The summed E-state index contributed by atoms with van der Waals surface area (Å²) in [5, 5.41) is 0. The van der Waals surface area contributed by atoms with Crippen LogP contribution in [0.1, 0.15) is 40.0 Å². The highest BCUT2D eigenvalue weighted by molar-refractivity contribution is 5.98. The van der Waals surface area contributed by atoms with E-state index < -0.39 is 0 Å². The summed E-state index contributed by atoms with van der Waals surface area (Å²) in [6.45, 7) is 4.23. The Morgan fingerprint density at radius 2 is 1.94 bits per heavy atom. The summed E-state index contributed by atoms with van der Waals surface area (Å²) in [4.78, 5) is 11.9. The average molecular weight is 239 g/mol. The van der Waals surface area contributed by atoms with Crippen LogP contribution in [-0.2, 0) is 6.42 Å².